The summed E-state index contributed by atoms with van der Waals surface area (Å²) in [6.45, 7) is 6.07. The molecule has 2 saturated carbocycles. The largest absolute Gasteiger partial charge is 0.352 e. The molecule has 0 aromatic carbocycles. The van der Waals surface area contributed by atoms with Crippen molar-refractivity contribution in [3.05, 3.63) is 0 Å². The van der Waals surface area contributed by atoms with Crippen molar-refractivity contribution in [2.45, 2.75) is 101 Å². The van der Waals surface area contributed by atoms with Crippen molar-refractivity contribution >= 4 is 5.91 Å². The van der Waals surface area contributed by atoms with E-state index < -0.39 is 6.17 Å². The molecule has 0 spiro atoms. The Hall–Kier alpha value is -0.760. The van der Waals surface area contributed by atoms with Crippen LogP contribution in [0.25, 0.3) is 0 Å². The van der Waals surface area contributed by atoms with Crippen LogP contribution in [0.5, 0.6) is 0 Å². The van der Waals surface area contributed by atoms with Gasteiger partial charge in [0.2, 0.25) is 5.91 Å². The van der Waals surface area contributed by atoms with Crippen LogP contribution >= 0.6 is 0 Å². The maximum absolute atomic E-state index is 14.4. The van der Waals surface area contributed by atoms with Crippen LogP contribution in [-0.2, 0) is 4.79 Å². The molecule has 5 N–H and O–H groups in total. The number of amides is 1. The molecule has 4 fully saturated rings. The SMILES string of the molecule is CC1CCC(F)C2CC(C(=O)NC3CCCC(N4CCC(NCCN)CC4)C3)NC12. The van der Waals surface area contributed by atoms with Crippen molar-refractivity contribution in [2.24, 2.45) is 17.6 Å². The molecular formula is C23H42FN5O. The van der Waals surface area contributed by atoms with Gasteiger partial charge in [0.25, 0.3) is 0 Å². The van der Waals surface area contributed by atoms with Gasteiger partial charge in [-0.05, 0) is 76.8 Å². The van der Waals surface area contributed by atoms with Gasteiger partial charge in [-0.1, -0.05) is 6.92 Å². The number of rotatable bonds is 6. The van der Waals surface area contributed by atoms with Crippen molar-refractivity contribution in [1.29, 1.82) is 0 Å². The molecular weight excluding hydrogens is 381 g/mol. The summed E-state index contributed by atoms with van der Waals surface area (Å²) in [5.41, 5.74) is 5.61. The maximum atomic E-state index is 14.4. The second-order valence-corrected chi connectivity index (χ2v) is 10.3. The molecule has 1 amide bonds. The van der Waals surface area contributed by atoms with Crippen molar-refractivity contribution < 1.29 is 9.18 Å². The van der Waals surface area contributed by atoms with E-state index >= 15 is 0 Å². The predicted molar refractivity (Wildman–Crippen MR) is 118 cm³/mol. The number of nitrogens with zero attached hydrogens (tertiary/aromatic N) is 1. The lowest BCUT2D eigenvalue weighted by Gasteiger charge is -2.41. The first-order valence-corrected chi connectivity index (χ1v) is 12.4. The van der Waals surface area contributed by atoms with E-state index in [9.17, 15) is 9.18 Å². The van der Waals surface area contributed by atoms with E-state index in [1.807, 2.05) is 0 Å². The number of nitrogens with one attached hydrogen (secondary N) is 3. The number of fused-ring (bicyclic) bond motifs is 1. The average Bonchev–Trinajstić information content (AvgIpc) is 3.23. The van der Waals surface area contributed by atoms with Gasteiger partial charge < -0.3 is 26.6 Å². The Balaban J connectivity index is 1.24. The Morgan fingerprint density at radius 1 is 1.10 bits per heavy atom. The number of likely N-dealkylation sites (tertiary alicyclic amines) is 1. The van der Waals surface area contributed by atoms with Crippen molar-refractivity contribution in [3.8, 4) is 0 Å². The molecule has 4 aliphatic rings. The van der Waals surface area contributed by atoms with E-state index in [4.69, 9.17) is 5.73 Å². The summed E-state index contributed by atoms with van der Waals surface area (Å²) in [5.74, 6) is 0.568. The quantitative estimate of drug-likeness (QED) is 0.521. The number of carbonyl (C=O) groups excluding carboxylic acids is 1. The number of piperidine rings is 1. The standard InChI is InChI=1S/C23H42FN5O/c1-15-5-6-20(24)19-14-21(28-22(15)19)23(30)27-17-3-2-4-18(13-17)29-11-7-16(8-12-29)26-10-9-25/h15-22,26,28H,2-14,25H2,1H3,(H,27,30). The van der Waals surface area contributed by atoms with Crippen LogP contribution in [0.2, 0.25) is 0 Å². The highest BCUT2D eigenvalue weighted by Gasteiger charge is 2.46. The summed E-state index contributed by atoms with van der Waals surface area (Å²) in [5, 5.41) is 10.4. The highest BCUT2D eigenvalue weighted by molar-refractivity contribution is 5.82. The first kappa shape index (κ1) is 22.4. The van der Waals surface area contributed by atoms with Crippen LogP contribution in [0, 0.1) is 11.8 Å². The Bertz CT molecular complexity index is 552. The molecule has 0 aromatic rings. The van der Waals surface area contributed by atoms with Gasteiger partial charge in [-0.3, -0.25) is 4.79 Å². The zero-order chi connectivity index (χ0) is 21.1. The number of halogens is 1. The minimum atomic E-state index is -0.752. The second kappa shape index (κ2) is 10.2. The van der Waals surface area contributed by atoms with Crippen LogP contribution < -0.4 is 21.7 Å². The molecule has 2 heterocycles. The molecule has 0 radical (unpaired) electrons. The van der Waals surface area contributed by atoms with E-state index in [0.717, 1.165) is 38.9 Å². The third kappa shape index (κ3) is 5.17. The number of alkyl halides is 1. The fraction of sp³-hybridized carbons (Fsp3) is 0.957. The first-order chi connectivity index (χ1) is 14.5. The first-order valence-electron chi connectivity index (χ1n) is 12.4. The predicted octanol–water partition coefficient (Wildman–Crippen LogP) is 1.54. The van der Waals surface area contributed by atoms with Crippen LogP contribution in [0.4, 0.5) is 4.39 Å². The van der Waals surface area contributed by atoms with Gasteiger partial charge in [0.05, 0.1) is 6.04 Å². The molecule has 7 unspecified atom stereocenters. The Labute approximate surface area is 181 Å². The summed E-state index contributed by atoms with van der Waals surface area (Å²) >= 11 is 0. The minimum Gasteiger partial charge on any atom is -0.352 e. The lowest BCUT2D eigenvalue weighted by molar-refractivity contribution is -0.124. The van der Waals surface area contributed by atoms with Gasteiger partial charge in [0.15, 0.2) is 0 Å². The molecule has 30 heavy (non-hydrogen) atoms. The normalized spacial score (nSPS) is 40.8. The molecule has 6 nitrogen and oxygen atoms in total. The van der Waals surface area contributed by atoms with Crippen LogP contribution in [0.15, 0.2) is 0 Å². The van der Waals surface area contributed by atoms with Gasteiger partial charge in [0.1, 0.15) is 6.17 Å². The van der Waals surface area contributed by atoms with E-state index in [0.29, 0.717) is 37.4 Å². The summed E-state index contributed by atoms with van der Waals surface area (Å²) < 4.78 is 14.4. The Kier molecular flexibility index (Phi) is 7.66. The van der Waals surface area contributed by atoms with Gasteiger partial charge in [-0.2, -0.15) is 0 Å². The molecule has 2 aliphatic carbocycles. The van der Waals surface area contributed by atoms with E-state index in [-0.39, 0.29) is 30.0 Å². The topological polar surface area (TPSA) is 82.4 Å². The van der Waals surface area contributed by atoms with Gasteiger partial charge in [-0.15, -0.1) is 0 Å². The smallest absolute Gasteiger partial charge is 0.237 e. The average molecular weight is 424 g/mol. The van der Waals surface area contributed by atoms with Gasteiger partial charge in [-0.25, -0.2) is 4.39 Å². The van der Waals surface area contributed by atoms with Crippen molar-refractivity contribution in [3.63, 3.8) is 0 Å². The number of nitrogens with two attached hydrogens (primary N) is 1. The summed E-state index contributed by atoms with van der Waals surface area (Å²) in [4.78, 5) is 15.6. The van der Waals surface area contributed by atoms with Crippen LogP contribution in [0.1, 0.15) is 64.7 Å². The number of carbonyl (C=O) groups is 1. The fourth-order valence-corrected chi connectivity index (χ4v) is 6.48. The lowest BCUT2D eigenvalue weighted by atomic mass is 9.77. The van der Waals surface area contributed by atoms with E-state index in [2.05, 4.69) is 27.8 Å². The van der Waals surface area contributed by atoms with Crippen LogP contribution in [-0.4, -0.2) is 73.4 Å². The van der Waals surface area contributed by atoms with E-state index in [1.165, 1.54) is 25.7 Å². The molecule has 0 bridgehead atoms. The fourth-order valence-electron chi connectivity index (χ4n) is 6.48. The molecule has 4 rings (SSSR count). The van der Waals surface area contributed by atoms with Crippen LogP contribution in [0.3, 0.4) is 0 Å². The number of hydrogen-bond donors (Lipinski definition) is 4. The molecule has 7 atom stereocenters. The lowest BCUT2D eigenvalue weighted by Crippen LogP contribution is -2.53. The Morgan fingerprint density at radius 2 is 1.90 bits per heavy atom. The zero-order valence-electron chi connectivity index (χ0n) is 18.6. The zero-order valence-corrected chi connectivity index (χ0v) is 18.6. The highest BCUT2D eigenvalue weighted by Crippen LogP contribution is 2.38. The third-order valence-electron chi connectivity index (χ3n) is 8.27. The van der Waals surface area contributed by atoms with Gasteiger partial charge >= 0.3 is 0 Å². The summed E-state index contributed by atoms with van der Waals surface area (Å²) in [6, 6.07) is 1.38. The van der Waals surface area contributed by atoms with Crippen molar-refractivity contribution in [2.75, 3.05) is 26.2 Å². The Morgan fingerprint density at radius 3 is 2.63 bits per heavy atom. The van der Waals surface area contributed by atoms with E-state index in [1.54, 1.807) is 0 Å². The third-order valence-corrected chi connectivity index (χ3v) is 8.27. The highest BCUT2D eigenvalue weighted by atomic mass is 19.1. The molecule has 2 saturated heterocycles. The maximum Gasteiger partial charge on any atom is 0.237 e. The molecule has 172 valence electrons. The molecule has 0 aromatic heterocycles. The summed E-state index contributed by atoms with van der Waals surface area (Å²) in [6.07, 6.45) is 8.38. The molecule has 7 heteroatoms. The summed E-state index contributed by atoms with van der Waals surface area (Å²) in [7, 11) is 0. The monoisotopic (exact) mass is 423 g/mol. The number of hydrogen-bond acceptors (Lipinski definition) is 5. The van der Waals surface area contributed by atoms with Crippen molar-refractivity contribution in [1.82, 2.24) is 20.9 Å². The molecule has 2 aliphatic heterocycles. The van der Waals surface area contributed by atoms with Gasteiger partial charge in [0, 0.05) is 43.2 Å². The second-order valence-electron chi connectivity index (χ2n) is 10.3. The minimum absolute atomic E-state index is 0.0118.